The SMILES string of the molecule is C=C(c1ccc(Cl)cc1)c1cccnc1COc1ccc(C(F)(F)F)cc1. The first-order valence-corrected chi connectivity index (χ1v) is 8.41. The smallest absolute Gasteiger partial charge is 0.416 e. The van der Waals surface area contributed by atoms with Crippen molar-refractivity contribution in [1.29, 1.82) is 0 Å². The highest BCUT2D eigenvalue weighted by atomic mass is 35.5. The highest BCUT2D eigenvalue weighted by Gasteiger charge is 2.30. The Hall–Kier alpha value is -2.79. The minimum Gasteiger partial charge on any atom is -0.487 e. The Morgan fingerprint density at radius 1 is 1.00 bits per heavy atom. The van der Waals surface area contributed by atoms with Crippen molar-refractivity contribution in [2.45, 2.75) is 12.8 Å². The summed E-state index contributed by atoms with van der Waals surface area (Å²) in [5.74, 6) is 0.330. The summed E-state index contributed by atoms with van der Waals surface area (Å²) < 4.78 is 43.5. The maximum atomic E-state index is 12.6. The lowest BCUT2D eigenvalue weighted by Crippen LogP contribution is -2.05. The molecule has 6 heteroatoms. The standard InChI is InChI=1S/C21H15ClF3NO/c1-14(15-4-8-17(22)9-5-15)19-3-2-12-26-20(19)13-27-18-10-6-16(7-11-18)21(23,24)25/h2-12H,1,13H2. The van der Waals surface area contributed by atoms with Crippen molar-refractivity contribution in [3.05, 3.63) is 101 Å². The van der Waals surface area contributed by atoms with E-state index in [1.54, 1.807) is 24.4 Å². The molecule has 0 bridgehead atoms. The van der Waals surface area contributed by atoms with E-state index in [0.717, 1.165) is 28.8 Å². The first-order valence-electron chi connectivity index (χ1n) is 8.04. The maximum Gasteiger partial charge on any atom is 0.416 e. The van der Waals surface area contributed by atoms with Gasteiger partial charge in [-0.15, -0.1) is 0 Å². The fourth-order valence-electron chi connectivity index (χ4n) is 2.53. The monoisotopic (exact) mass is 389 g/mol. The average molecular weight is 390 g/mol. The van der Waals surface area contributed by atoms with Crippen molar-refractivity contribution in [1.82, 2.24) is 4.98 Å². The molecule has 3 aromatic rings. The summed E-state index contributed by atoms with van der Waals surface area (Å²) in [7, 11) is 0. The second kappa shape index (κ2) is 7.84. The van der Waals surface area contributed by atoms with Crippen molar-refractivity contribution < 1.29 is 17.9 Å². The van der Waals surface area contributed by atoms with Crippen molar-refractivity contribution >= 4 is 17.2 Å². The molecule has 0 fully saturated rings. The van der Waals surface area contributed by atoms with E-state index in [9.17, 15) is 13.2 Å². The van der Waals surface area contributed by atoms with Crippen LogP contribution in [0.2, 0.25) is 5.02 Å². The predicted octanol–water partition coefficient (Wildman–Crippen LogP) is 6.39. The molecule has 2 aromatic carbocycles. The molecule has 138 valence electrons. The van der Waals surface area contributed by atoms with Crippen molar-refractivity contribution in [2.24, 2.45) is 0 Å². The first kappa shape index (κ1) is 19.0. The van der Waals surface area contributed by atoms with E-state index in [4.69, 9.17) is 16.3 Å². The molecule has 0 amide bonds. The van der Waals surface area contributed by atoms with Gasteiger partial charge in [0.1, 0.15) is 12.4 Å². The normalized spacial score (nSPS) is 11.3. The third kappa shape index (κ3) is 4.68. The van der Waals surface area contributed by atoms with Crippen LogP contribution < -0.4 is 4.74 Å². The molecule has 0 saturated heterocycles. The number of halogens is 4. The van der Waals surface area contributed by atoms with Gasteiger partial charge in [0.15, 0.2) is 0 Å². The summed E-state index contributed by atoms with van der Waals surface area (Å²) in [6, 6.07) is 15.5. The molecular formula is C21H15ClF3NO. The molecule has 1 aromatic heterocycles. The van der Waals surface area contributed by atoms with Gasteiger partial charge >= 0.3 is 6.18 Å². The zero-order valence-electron chi connectivity index (χ0n) is 14.1. The van der Waals surface area contributed by atoms with E-state index in [2.05, 4.69) is 11.6 Å². The molecule has 1 heterocycles. The second-order valence-corrected chi connectivity index (χ2v) is 6.23. The van der Waals surface area contributed by atoms with Gasteiger partial charge in [-0.2, -0.15) is 13.2 Å². The largest absolute Gasteiger partial charge is 0.487 e. The molecule has 0 atom stereocenters. The lowest BCUT2D eigenvalue weighted by Gasteiger charge is -2.13. The van der Waals surface area contributed by atoms with E-state index in [0.29, 0.717) is 16.5 Å². The van der Waals surface area contributed by atoms with Crippen molar-refractivity contribution in [3.8, 4) is 5.75 Å². The molecule has 0 spiro atoms. The Morgan fingerprint density at radius 2 is 1.67 bits per heavy atom. The minimum absolute atomic E-state index is 0.105. The maximum absolute atomic E-state index is 12.6. The lowest BCUT2D eigenvalue weighted by molar-refractivity contribution is -0.137. The minimum atomic E-state index is -4.37. The third-order valence-electron chi connectivity index (χ3n) is 3.97. The molecule has 2 nitrogen and oxygen atoms in total. The Morgan fingerprint density at radius 3 is 2.30 bits per heavy atom. The number of nitrogens with zero attached hydrogens (tertiary/aromatic N) is 1. The van der Waals surface area contributed by atoms with E-state index < -0.39 is 11.7 Å². The van der Waals surface area contributed by atoms with Crippen LogP contribution in [0.15, 0.2) is 73.4 Å². The third-order valence-corrected chi connectivity index (χ3v) is 4.22. The van der Waals surface area contributed by atoms with Gasteiger partial charge in [0.25, 0.3) is 0 Å². The van der Waals surface area contributed by atoms with Crippen LogP contribution in [-0.2, 0) is 12.8 Å². The highest BCUT2D eigenvalue weighted by molar-refractivity contribution is 6.30. The van der Waals surface area contributed by atoms with Gasteiger partial charge in [-0.3, -0.25) is 4.98 Å². The summed E-state index contributed by atoms with van der Waals surface area (Å²) in [5, 5.41) is 0.628. The van der Waals surface area contributed by atoms with Crippen LogP contribution in [0.5, 0.6) is 5.75 Å². The van der Waals surface area contributed by atoms with Gasteiger partial charge in [0, 0.05) is 16.8 Å². The zero-order chi connectivity index (χ0) is 19.4. The summed E-state index contributed by atoms with van der Waals surface area (Å²) in [4.78, 5) is 4.32. The fraction of sp³-hybridized carbons (Fsp3) is 0.0952. The van der Waals surface area contributed by atoms with E-state index >= 15 is 0 Å². The molecule has 0 unspecified atom stereocenters. The Bertz CT molecular complexity index is 935. The molecule has 0 saturated carbocycles. The Balaban J connectivity index is 1.76. The Labute approximate surface area is 159 Å². The molecule has 0 N–H and O–H groups in total. The lowest BCUT2D eigenvalue weighted by atomic mass is 9.98. The number of benzene rings is 2. The van der Waals surface area contributed by atoms with E-state index in [1.165, 1.54) is 12.1 Å². The molecule has 27 heavy (non-hydrogen) atoms. The number of hydrogen-bond acceptors (Lipinski definition) is 2. The van der Waals surface area contributed by atoms with Gasteiger partial charge in [0.05, 0.1) is 11.3 Å². The molecule has 0 radical (unpaired) electrons. The molecule has 0 aliphatic heterocycles. The van der Waals surface area contributed by atoms with Crippen LogP contribution in [0.3, 0.4) is 0 Å². The van der Waals surface area contributed by atoms with Crippen LogP contribution in [0.1, 0.15) is 22.4 Å². The predicted molar refractivity (Wildman–Crippen MR) is 99.6 cm³/mol. The number of alkyl halides is 3. The van der Waals surface area contributed by atoms with E-state index in [-0.39, 0.29) is 6.61 Å². The van der Waals surface area contributed by atoms with Gasteiger partial charge in [-0.25, -0.2) is 0 Å². The summed E-state index contributed by atoms with van der Waals surface area (Å²) in [5.41, 5.74) is 2.36. The molecule has 3 rings (SSSR count). The van der Waals surface area contributed by atoms with E-state index in [1.807, 2.05) is 18.2 Å². The van der Waals surface area contributed by atoms with Gasteiger partial charge < -0.3 is 4.74 Å². The molecule has 0 aliphatic carbocycles. The first-order chi connectivity index (χ1) is 12.8. The number of hydrogen-bond donors (Lipinski definition) is 0. The van der Waals surface area contributed by atoms with Crippen LogP contribution in [0.25, 0.3) is 5.57 Å². The molecule has 0 aliphatic rings. The number of ether oxygens (including phenoxy) is 1. The topological polar surface area (TPSA) is 22.1 Å². The summed E-state index contributed by atoms with van der Waals surface area (Å²) in [6.45, 7) is 4.22. The van der Waals surface area contributed by atoms with Crippen LogP contribution >= 0.6 is 11.6 Å². The average Bonchev–Trinajstić information content (AvgIpc) is 2.66. The summed E-state index contributed by atoms with van der Waals surface area (Å²) >= 11 is 5.92. The highest BCUT2D eigenvalue weighted by Crippen LogP contribution is 2.31. The zero-order valence-corrected chi connectivity index (χ0v) is 14.9. The number of aromatic nitrogens is 1. The molecular weight excluding hydrogens is 375 g/mol. The van der Waals surface area contributed by atoms with Crippen molar-refractivity contribution in [2.75, 3.05) is 0 Å². The second-order valence-electron chi connectivity index (χ2n) is 5.79. The van der Waals surface area contributed by atoms with Gasteiger partial charge in [0.2, 0.25) is 0 Å². The van der Waals surface area contributed by atoms with Gasteiger partial charge in [-0.05, 0) is 53.6 Å². The number of pyridine rings is 1. The van der Waals surface area contributed by atoms with Crippen molar-refractivity contribution in [3.63, 3.8) is 0 Å². The number of rotatable bonds is 5. The Kier molecular flexibility index (Phi) is 5.51. The quantitative estimate of drug-likeness (QED) is 0.504. The van der Waals surface area contributed by atoms with Crippen LogP contribution in [-0.4, -0.2) is 4.98 Å². The van der Waals surface area contributed by atoms with Crippen LogP contribution in [0, 0.1) is 0 Å². The van der Waals surface area contributed by atoms with Gasteiger partial charge in [-0.1, -0.05) is 36.4 Å². The van der Waals surface area contributed by atoms with Crippen LogP contribution in [0.4, 0.5) is 13.2 Å². The summed E-state index contributed by atoms with van der Waals surface area (Å²) in [6.07, 6.45) is -2.74. The fourth-order valence-corrected chi connectivity index (χ4v) is 2.65.